The standard InChI is InChI=1S/C30H21F6N7O5S2/c1-17-12-19(26-38-16-42(41-26)20-4-6-21(7-5-20)50(46,47)30(34,35)36)3-8-22(17)39-27(45)40-28-43(25(44)15-49-28)23-13-18(14-37)2-9-24(23)48-11-10-29(31,32)33/h2-9,12-13,16H,10-11,15H2,1H3,(H,39,45). The first-order chi connectivity index (χ1) is 23.5. The molecule has 4 aromatic rings. The van der Waals surface area contributed by atoms with Crippen molar-refractivity contribution >= 4 is 50.1 Å². The molecule has 1 aliphatic heterocycles. The van der Waals surface area contributed by atoms with Crippen LogP contribution < -0.4 is 15.0 Å². The molecular weight excluding hydrogens is 716 g/mol. The van der Waals surface area contributed by atoms with Crippen LogP contribution in [0, 0.1) is 18.3 Å². The van der Waals surface area contributed by atoms with Crippen LogP contribution in [0.1, 0.15) is 17.5 Å². The molecule has 0 spiro atoms. The highest BCUT2D eigenvalue weighted by molar-refractivity contribution is 8.15. The summed E-state index contributed by atoms with van der Waals surface area (Å²) in [6.07, 6.45) is -4.47. The number of carbonyl (C=O) groups is 2. The Morgan fingerprint density at radius 1 is 1.08 bits per heavy atom. The summed E-state index contributed by atoms with van der Waals surface area (Å²) in [5, 5.41) is 16.1. The maximum Gasteiger partial charge on any atom is 0.501 e. The van der Waals surface area contributed by atoms with Crippen molar-refractivity contribution < 1.29 is 49.1 Å². The quantitative estimate of drug-likeness (QED) is 0.202. The molecule has 12 nitrogen and oxygen atoms in total. The largest absolute Gasteiger partial charge is 0.501 e. The highest BCUT2D eigenvalue weighted by atomic mass is 32.2. The number of aryl methyl sites for hydroxylation is 1. The van der Waals surface area contributed by atoms with Gasteiger partial charge < -0.3 is 10.1 Å². The van der Waals surface area contributed by atoms with E-state index in [9.17, 15) is 49.6 Å². The Hall–Kier alpha value is -5.42. The first-order valence-corrected chi connectivity index (χ1v) is 16.5. The third kappa shape index (κ3) is 7.89. The number of hydrogen-bond donors (Lipinski definition) is 1. The fraction of sp³-hybridized carbons (Fsp3) is 0.200. The van der Waals surface area contributed by atoms with Crippen LogP contribution in [-0.4, -0.2) is 64.3 Å². The van der Waals surface area contributed by atoms with Gasteiger partial charge in [0.15, 0.2) is 11.0 Å². The fourth-order valence-electron chi connectivity index (χ4n) is 4.45. The average molecular weight is 738 g/mol. The van der Waals surface area contributed by atoms with E-state index in [-0.39, 0.29) is 39.4 Å². The van der Waals surface area contributed by atoms with Gasteiger partial charge in [0.05, 0.1) is 46.7 Å². The van der Waals surface area contributed by atoms with Gasteiger partial charge in [-0.05, 0) is 73.2 Å². The summed E-state index contributed by atoms with van der Waals surface area (Å²) in [6, 6.07) is 13.4. The Labute approximate surface area is 283 Å². The molecule has 0 bridgehead atoms. The summed E-state index contributed by atoms with van der Waals surface area (Å²) in [5.41, 5.74) is -3.85. The number of amidine groups is 1. The minimum absolute atomic E-state index is 0.0532. The summed E-state index contributed by atoms with van der Waals surface area (Å²) in [4.78, 5) is 34.0. The molecule has 1 aromatic heterocycles. The number of carbonyl (C=O) groups excluding carboxylic acids is 2. The van der Waals surface area contributed by atoms with E-state index < -0.39 is 51.4 Å². The van der Waals surface area contributed by atoms with Gasteiger partial charge in [-0.2, -0.15) is 36.6 Å². The number of nitrogens with zero attached hydrogens (tertiary/aromatic N) is 6. The maximum absolute atomic E-state index is 13.0. The van der Waals surface area contributed by atoms with Gasteiger partial charge in [0, 0.05) is 11.3 Å². The Morgan fingerprint density at radius 3 is 2.44 bits per heavy atom. The number of alkyl halides is 6. The van der Waals surface area contributed by atoms with Crippen molar-refractivity contribution in [2.24, 2.45) is 4.99 Å². The molecule has 3 aromatic carbocycles. The van der Waals surface area contributed by atoms with E-state index in [2.05, 4.69) is 20.4 Å². The van der Waals surface area contributed by atoms with Crippen LogP contribution in [-0.2, 0) is 14.6 Å². The zero-order valence-corrected chi connectivity index (χ0v) is 26.9. The molecular formula is C30H21F6N7O5S2. The molecule has 260 valence electrons. The van der Waals surface area contributed by atoms with Gasteiger partial charge in [0.25, 0.3) is 9.84 Å². The average Bonchev–Trinajstić information content (AvgIpc) is 3.68. The van der Waals surface area contributed by atoms with Crippen molar-refractivity contribution in [2.45, 2.75) is 29.9 Å². The molecule has 50 heavy (non-hydrogen) atoms. The van der Waals surface area contributed by atoms with Gasteiger partial charge in [-0.15, -0.1) is 5.10 Å². The summed E-state index contributed by atoms with van der Waals surface area (Å²) in [5.74, 6) is -0.615. The van der Waals surface area contributed by atoms with Crippen LogP contribution in [0.2, 0.25) is 0 Å². The lowest BCUT2D eigenvalue weighted by Gasteiger charge is -2.20. The minimum Gasteiger partial charge on any atom is -0.491 e. The number of amides is 3. The number of rotatable bonds is 8. The zero-order valence-electron chi connectivity index (χ0n) is 25.3. The lowest BCUT2D eigenvalue weighted by molar-refractivity contribution is -0.139. The number of anilines is 2. The van der Waals surface area contributed by atoms with Gasteiger partial charge in [0.2, 0.25) is 5.91 Å². The molecule has 1 aliphatic rings. The van der Waals surface area contributed by atoms with Crippen molar-refractivity contribution in [1.82, 2.24) is 14.8 Å². The van der Waals surface area contributed by atoms with Crippen molar-refractivity contribution in [3.63, 3.8) is 0 Å². The van der Waals surface area contributed by atoms with E-state index in [1.54, 1.807) is 19.1 Å². The predicted molar refractivity (Wildman–Crippen MR) is 168 cm³/mol. The SMILES string of the molecule is Cc1cc(-c2ncn(-c3ccc(S(=O)(=O)C(F)(F)F)cc3)n2)ccc1NC(=O)N=C1SCC(=O)N1c1cc(C#N)ccc1OCCC(F)(F)F. The van der Waals surface area contributed by atoms with E-state index in [0.717, 1.165) is 40.9 Å². The number of aromatic nitrogens is 3. The Morgan fingerprint density at radius 2 is 1.80 bits per heavy atom. The van der Waals surface area contributed by atoms with Crippen LogP contribution in [0.15, 0.2) is 76.9 Å². The number of urea groups is 1. The minimum atomic E-state index is -5.52. The molecule has 0 saturated carbocycles. The van der Waals surface area contributed by atoms with Gasteiger partial charge in [0.1, 0.15) is 12.1 Å². The summed E-state index contributed by atoms with van der Waals surface area (Å²) in [6.45, 7) is 0.904. The van der Waals surface area contributed by atoms with Gasteiger partial charge in [-0.1, -0.05) is 11.8 Å². The lowest BCUT2D eigenvalue weighted by atomic mass is 10.1. The van der Waals surface area contributed by atoms with Gasteiger partial charge in [-0.25, -0.2) is 22.9 Å². The third-order valence-corrected chi connectivity index (χ3v) is 9.29. The molecule has 20 heteroatoms. The maximum atomic E-state index is 13.0. The third-order valence-electron chi connectivity index (χ3n) is 6.87. The van der Waals surface area contributed by atoms with Crippen LogP contribution in [0.5, 0.6) is 5.75 Å². The summed E-state index contributed by atoms with van der Waals surface area (Å²) in [7, 11) is -5.52. The second kappa shape index (κ2) is 13.8. The van der Waals surface area contributed by atoms with E-state index in [1.165, 1.54) is 35.3 Å². The van der Waals surface area contributed by atoms with Crippen molar-refractivity contribution in [2.75, 3.05) is 22.6 Å². The predicted octanol–water partition coefficient (Wildman–Crippen LogP) is 6.41. The number of hydrogen-bond acceptors (Lipinski definition) is 9. The number of ether oxygens (including phenoxy) is 1. The number of aliphatic imine (C=N–C) groups is 1. The monoisotopic (exact) mass is 737 g/mol. The smallest absolute Gasteiger partial charge is 0.491 e. The number of benzene rings is 3. The topological polar surface area (TPSA) is 160 Å². The first kappa shape index (κ1) is 35.9. The number of nitriles is 1. The molecule has 0 aliphatic carbocycles. The van der Waals surface area contributed by atoms with E-state index in [0.29, 0.717) is 16.8 Å². The van der Waals surface area contributed by atoms with Crippen LogP contribution in [0.4, 0.5) is 42.5 Å². The Bertz CT molecular complexity index is 2140. The highest BCUT2D eigenvalue weighted by Crippen LogP contribution is 2.36. The number of thioether (sulfide) groups is 1. The Balaban J connectivity index is 1.31. The molecule has 0 unspecified atom stereocenters. The number of halogens is 6. The molecule has 1 saturated heterocycles. The lowest BCUT2D eigenvalue weighted by Crippen LogP contribution is -2.31. The van der Waals surface area contributed by atoms with Crippen molar-refractivity contribution in [3.8, 4) is 28.9 Å². The van der Waals surface area contributed by atoms with E-state index in [1.807, 2.05) is 6.07 Å². The molecule has 5 rings (SSSR count). The number of nitrogens with one attached hydrogen (secondary N) is 1. The summed E-state index contributed by atoms with van der Waals surface area (Å²) >= 11 is 0.898. The van der Waals surface area contributed by atoms with E-state index >= 15 is 0 Å². The first-order valence-electron chi connectivity index (χ1n) is 14.0. The van der Waals surface area contributed by atoms with Crippen LogP contribution >= 0.6 is 11.8 Å². The summed E-state index contributed by atoms with van der Waals surface area (Å²) < 4.78 is 106. The van der Waals surface area contributed by atoms with Gasteiger partial charge >= 0.3 is 17.7 Å². The molecule has 0 radical (unpaired) electrons. The van der Waals surface area contributed by atoms with Crippen LogP contribution in [0.25, 0.3) is 17.1 Å². The van der Waals surface area contributed by atoms with Gasteiger partial charge in [-0.3, -0.25) is 9.69 Å². The number of sulfone groups is 1. The molecule has 0 atom stereocenters. The van der Waals surface area contributed by atoms with E-state index in [4.69, 9.17) is 4.74 Å². The second-order valence-electron chi connectivity index (χ2n) is 10.3. The van der Waals surface area contributed by atoms with Crippen molar-refractivity contribution in [3.05, 3.63) is 78.1 Å². The molecule has 1 N–H and O–H groups in total. The molecule has 3 amide bonds. The molecule has 1 fully saturated rings. The Kier molecular flexibility index (Phi) is 9.92. The zero-order chi connectivity index (χ0) is 36.4. The second-order valence-corrected chi connectivity index (χ2v) is 13.2. The molecule has 2 heterocycles. The fourth-order valence-corrected chi connectivity index (χ4v) is 6.07. The normalized spacial score (nSPS) is 14.6. The van der Waals surface area contributed by atoms with Crippen molar-refractivity contribution in [1.29, 1.82) is 5.26 Å². The highest BCUT2D eigenvalue weighted by Gasteiger charge is 2.46. The van der Waals surface area contributed by atoms with Crippen LogP contribution in [0.3, 0.4) is 0 Å².